The number of aliphatic hydroxyl groups is 1. The first kappa shape index (κ1) is 20.3. The summed E-state index contributed by atoms with van der Waals surface area (Å²) in [7, 11) is 1.60. The molecular formula is C23H32O3. The van der Waals surface area contributed by atoms with Crippen LogP contribution in [0, 0.1) is 11.8 Å². The van der Waals surface area contributed by atoms with Gasteiger partial charge in [-0.3, -0.25) is 0 Å². The molecule has 0 radical (unpaired) electrons. The molecule has 0 amide bonds. The lowest BCUT2D eigenvalue weighted by Gasteiger charge is -2.23. The van der Waals surface area contributed by atoms with E-state index in [9.17, 15) is 5.11 Å². The van der Waals surface area contributed by atoms with Gasteiger partial charge in [0, 0.05) is 11.6 Å². The Morgan fingerprint density at radius 1 is 0.962 bits per heavy atom. The van der Waals surface area contributed by atoms with Crippen molar-refractivity contribution in [2.45, 2.75) is 53.2 Å². The van der Waals surface area contributed by atoms with Crippen molar-refractivity contribution >= 4 is 0 Å². The number of aliphatic hydroxyl groups excluding tert-OH is 1. The van der Waals surface area contributed by atoms with Gasteiger partial charge < -0.3 is 14.6 Å². The molecule has 0 aliphatic rings. The summed E-state index contributed by atoms with van der Waals surface area (Å²) in [6, 6.07) is 14.3. The van der Waals surface area contributed by atoms with Gasteiger partial charge in [-0.15, -0.1) is 0 Å². The number of hydrogen-bond acceptors (Lipinski definition) is 3. The van der Waals surface area contributed by atoms with Crippen molar-refractivity contribution in [2.75, 3.05) is 7.11 Å². The molecule has 0 aromatic heterocycles. The second kappa shape index (κ2) is 9.63. The molecule has 0 spiro atoms. The summed E-state index contributed by atoms with van der Waals surface area (Å²) in [6.07, 6.45) is 1.21. The predicted molar refractivity (Wildman–Crippen MR) is 107 cm³/mol. The van der Waals surface area contributed by atoms with Gasteiger partial charge >= 0.3 is 0 Å². The summed E-state index contributed by atoms with van der Waals surface area (Å²) in [5, 5.41) is 9.29. The molecule has 0 saturated heterocycles. The van der Waals surface area contributed by atoms with Crippen molar-refractivity contribution in [1.29, 1.82) is 0 Å². The van der Waals surface area contributed by atoms with Crippen LogP contribution in [0.25, 0.3) is 0 Å². The van der Waals surface area contributed by atoms with Crippen molar-refractivity contribution in [3.8, 4) is 11.5 Å². The van der Waals surface area contributed by atoms with Gasteiger partial charge in [-0.1, -0.05) is 52.0 Å². The Kier molecular flexibility index (Phi) is 7.52. The largest absolute Gasteiger partial charge is 0.496 e. The van der Waals surface area contributed by atoms with Crippen molar-refractivity contribution < 1.29 is 14.6 Å². The van der Waals surface area contributed by atoms with Crippen molar-refractivity contribution in [2.24, 2.45) is 11.8 Å². The van der Waals surface area contributed by atoms with Crippen LogP contribution in [0.15, 0.2) is 42.5 Å². The Hall–Kier alpha value is -2.00. The fraction of sp³-hybridized carbons (Fsp3) is 0.478. The highest BCUT2D eigenvalue weighted by Gasteiger charge is 2.17. The molecule has 2 rings (SSSR count). The zero-order valence-electron chi connectivity index (χ0n) is 16.7. The van der Waals surface area contributed by atoms with E-state index in [1.807, 2.05) is 18.2 Å². The third-order valence-electron chi connectivity index (χ3n) is 4.77. The molecule has 3 heteroatoms. The molecule has 0 heterocycles. The highest BCUT2D eigenvalue weighted by atomic mass is 16.5. The Morgan fingerprint density at radius 3 is 2.19 bits per heavy atom. The minimum Gasteiger partial charge on any atom is -0.496 e. The van der Waals surface area contributed by atoms with Gasteiger partial charge in [0.15, 0.2) is 0 Å². The van der Waals surface area contributed by atoms with Crippen molar-refractivity contribution in [1.82, 2.24) is 0 Å². The number of ether oxygens (including phenoxy) is 2. The summed E-state index contributed by atoms with van der Waals surface area (Å²) in [5.74, 6) is 3.32. The van der Waals surface area contributed by atoms with E-state index < -0.39 is 0 Å². The number of methoxy groups -OCH3 is 1. The smallest absolute Gasteiger partial charge is 0.128 e. The maximum Gasteiger partial charge on any atom is 0.128 e. The van der Waals surface area contributed by atoms with E-state index in [-0.39, 0.29) is 6.61 Å². The van der Waals surface area contributed by atoms with Crippen LogP contribution in [0.5, 0.6) is 11.5 Å². The van der Waals surface area contributed by atoms with Crippen molar-refractivity contribution in [3.63, 3.8) is 0 Å². The maximum absolute atomic E-state index is 9.29. The van der Waals surface area contributed by atoms with Gasteiger partial charge in [0.1, 0.15) is 18.1 Å². The van der Waals surface area contributed by atoms with E-state index >= 15 is 0 Å². The summed E-state index contributed by atoms with van der Waals surface area (Å²) >= 11 is 0. The lowest BCUT2D eigenvalue weighted by molar-refractivity contribution is 0.271. The predicted octanol–water partition coefficient (Wildman–Crippen LogP) is 5.55. The van der Waals surface area contributed by atoms with E-state index in [1.54, 1.807) is 7.11 Å². The van der Waals surface area contributed by atoms with Crippen molar-refractivity contribution in [3.05, 3.63) is 59.2 Å². The van der Waals surface area contributed by atoms with E-state index in [0.717, 1.165) is 16.9 Å². The molecule has 142 valence electrons. The average molecular weight is 357 g/mol. The molecule has 0 aliphatic carbocycles. The van der Waals surface area contributed by atoms with E-state index in [4.69, 9.17) is 9.47 Å². The first-order valence-electron chi connectivity index (χ1n) is 9.44. The van der Waals surface area contributed by atoms with Gasteiger partial charge in [0.25, 0.3) is 0 Å². The lowest BCUT2D eigenvalue weighted by atomic mass is 9.82. The molecule has 1 unspecified atom stereocenters. The Labute approximate surface area is 158 Å². The van der Waals surface area contributed by atoms with Crippen LogP contribution in [0.4, 0.5) is 0 Å². The molecule has 0 bridgehead atoms. The third-order valence-corrected chi connectivity index (χ3v) is 4.77. The molecule has 2 aromatic rings. The lowest BCUT2D eigenvalue weighted by Crippen LogP contribution is -2.10. The fourth-order valence-electron chi connectivity index (χ4n) is 3.27. The zero-order chi connectivity index (χ0) is 19.1. The number of benzene rings is 2. The molecule has 3 nitrogen and oxygen atoms in total. The SMILES string of the molecule is COc1cc(OCc2ccc(C(CC(C)C)C(C)C)cc2)ccc1CO. The van der Waals surface area contributed by atoms with Gasteiger partial charge in [-0.2, -0.15) is 0 Å². The quantitative estimate of drug-likeness (QED) is 0.640. The van der Waals surface area contributed by atoms with Crippen LogP contribution in [0.1, 0.15) is 56.7 Å². The molecule has 26 heavy (non-hydrogen) atoms. The normalized spacial score (nSPS) is 12.5. The molecule has 1 atom stereocenters. The summed E-state index contributed by atoms with van der Waals surface area (Å²) in [6.45, 7) is 9.64. The van der Waals surface area contributed by atoms with Crippen LogP contribution in [-0.2, 0) is 13.2 Å². The average Bonchev–Trinajstić information content (AvgIpc) is 2.64. The molecule has 0 fully saturated rings. The second-order valence-electron chi connectivity index (χ2n) is 7.64. The Balaban J connectivity index is 2.03. The number of hydrogen-bond donors (Lipinski definition) is 1. The Morgan fingerprint density at radius 2 is 1.65 bits per heavy atom. The van der Waals surface area contributed by atoms with Crippen LogP contribution in [0.3, 0.4) is 0 Å². The van der Waals surface area contributed by atoms with Crippen LogP contribution >= 0.6 is 0 Å². The van der Waals surface area contributed by atoms with Gasteiger partial charge in [-0.05, 0) is 47.4 Å². The summed E-state index contributed by atoms with van der Waals surface area (Å²) in [4.78, 5) is 0. The van der Waals surface area contributed by atoms with Crippen LogP contribution in [-0.4, -0.2) is 12.2 Å². The molecular weight excluding hydrogens is 324 g/mol. The maximum atomic E-state index is 9.29. The summed E-state index contributed by atoms with van der Waals surface area (Å²) < 4.78 is 11.2. The van der Waals surface area contributed by atoms with Gasteiger partial charge in [-0.25, -0.2) is 0 Å². The minimum absolute atomic E-state index is 0.0433. The highest BCUT2D eigenvalue weighted by Crippen LogP contribution is 2.31. The first-order chi connectivity index (χ1) is 12.4. The monoisotopic (exact) mass is 356 g/mol. The standard InChI is InChI=1S/C23H32O3/c1-16(2)12-22(17(3)4)19-8-6-18(7-9-19)15-26-21-11-10-20(14-24)23(13-21)25-5/h6-11,13,16-17,22,24H,12,14-15H2,1-5H3. The van der Waals surface area contributed by atoms with Crippen LogP contribution < -0.4 is 9.47 Å². The molecule has 0 aliphatic heterocycles. The molecule has 0 saturated carbocycles. The zero-order valence-corrected chi connectivity index (χ0v) is 16.7. The second-order valence-corrected chi connectivity index (χ2v) is 7.64. The third kappa shape index (κ3) is 5.50. The van der Waals surface area contributed by atoms with Crippen LogP contribution in [0.2, 0.25) is 0 Å². The highest BCUT2D eigenvalue weighted by molar-refractivity contribution is 5.40. The van der Waals surface area contributed by atoms with E-state index in [2.05, 4.69) is 52.0 Å². The Bertz CT molecular complexity index is 674. The topological polar surface area (TPSA) is 38.7 Å². The van der Waals surface area contributed by atoms with Gasteiger partial charge in [0.2, 0.25) is 0 Å². The van der Waals surface area contributed by atoms with E-state index in [0.29, 0.717) is 30.1 Å². The van der Waals surface area contributed by atoms with E-state index in [1.165, 1.54) is 12.0 Å². The first-order valence-corrected chi connectivity index (χ1v) is 9.44. The fourth-order valence-corrected chi connectivity index (χ4v) is 3.27. The molecule has 2 aromatic carbocycles. The number of rotatable bonds is 9. The van der Waals surface area contributed by atoms with Gasteiger partial charge in [0.05, 0.1) is 13.7 Å². The minimum atomic E-state index is -0.0433. The molecule has 1 N–H and O–H groups in total. The summed E-state index contributed by atoms with van der Waals surface area (Å²) in [5.41, 5.74) is 3.31.